The molecule has 1 saturated carbocycles. The molecule has 2 aromatic rings. The number of hydrogen-bond donors (Lipinski definition) is 1. The molecule has 33 heavy (non-hydrogen) atoms. The zero-order valence-corrected chi connectivity index (χ0v) is 18.9. The van der Waals surface area contributed by atoms with Gasteiger partial charge in [0, 0.05) is 50.0 Å². The molecule has 2 bridgehead atoms. The molecule has 2 aromatic carbocycles. The second-order valence-electron chi connectivity index (χ2n) is 9.70. The van der Waals surface area contributed by atoms with Gasteiger partial charge in [0.1, 0.15) is 5.82 Å². The summed E-state index contributed by atoms with van der Waals surface area (Å²) in [5.41, 5.74) is 2.61. The number of ketones is 1. The Morgan fingerprint density at radius 3 is 2.39 bits per heavy atom. The third kappa shape index (κ3) is 4.74. The number of nitrogens with one attached hydrogen (secondary N) is 1. The maximum Gasteiger partial charge on any atom is 0.151 e. The summed E-state index contributed by atoms with van der Waals surface area (Å²) in [5, 5.41) is 13.0. The summed E-state index contributed by atoms with van der Waals surface area (Å²) in [4.78, 5) is 17.3. The van der Waals surface area contributed by atoms with Gasteiger partial charge in [-0.1, -0.05) is 24.3 Å². The quantitative estimate of drug-likeness (QED) is 0.698. The van der Waals surface area contributed by atoms with Crippen LogP contribution in [-0.4, -0.2) is 44.0 Å². The first kappa shape index (κ1) is 21.9. The minimum absolute atomic E-state index is 0.110. The summed E-state index contributed by atoms with van der Waals surface area (Å²) in [6, 6.07) is 18.3. The van der Waals surface area contributed by atoms with Gasteiger partial charge in [-0.05, 0) is 61.4 Å². The molecule has 2 aliphatic heterocycles. The molecular formula is C27H31FN4O. The highest BCUT2D eigenvalue weighted by Crippen LogP contribution is 2.36. The van der Waals surface area contributed by atoms with Crippen molar-refractivity contribution in [2.45, 2.75) is 44.2 Å². The van der Waals surface area contributed by atoms with Crippen molar-refractivity contribution < 1.29 is 9.18 Å². The third-order valence-corrected chi connectivity index (χ3v) is 7.61. The lowest BCUT2D eigenvalue weighted by molar-refractivity contribution is -0.122. The fraction of sp³-hybridized carbons (Fsp3) is 0.481. The molecule has 5 rings (SSSR count). The monoisotopic (exact) mass is 446 g/mol. The van der Waals surface area contributed by atoms with Gasteiger partial charge in [-0.15, -0.1) is 0 Å². The molecule has 0 amide bonds. The summed E-state index contributed by atoms with van der Waals surface area (Å²) >= 11 is 0. The van der Waals surface area contributed by atoms with E-state index in [1.54, 1.807) is 12.1 Å². The highest BCUT2D eigenvalue weighted by molar-refractivity contribution is 5.85. The first-order valence-corrected chi connectivity index (χ1v) is 12.1. The molecule has 2 saturated heterocycles. The van der Waals surface area contributed by atoms with Crippen molar-refractivity contribution in [3.63, 3.8) is 0 Å². The van der Waals surface area contributed by atoms with Crippen molar-refractivity contribution in [3.8, 4) is 6.07 Å². The van der Waals surface area contributed by atoms with Gasteiger partial charge in [0.25, 0.3) is 0 Å². The number of halogens is 1. The van der Waals surface area contributed by atoms with Crippen LogP contribution in [0.25, 0.3) is 0 Å². The maximum absolute atomic E-state index is 15.0. The number of Topliss-reactive ketones (excluding diaryl/α,β-unsaturated/α-hetero) is 1. The number of fused-ring (bicyclic) bond motifs is 2. The highest BCUT2D eigenvalue weighted by atomic mass is 19.1. The van der Waals surface area contributed by atoms with E-state index in [4.69, 9.17) is 0 Å². The zero-order chi connectivity index (χ0) is 22.8. The number of para-hydroxylation sites is 1. The summed E-state index contributed by atoms with van der Waals surface area (Å²) in [7, 11) is 0. The van der Waals surface area contributed by atoms with Crippen molar-refractivity contribution >= 4 is 17.2 Å². The van der Waals surface area contributed by atoms with Crippen LogP contribution in [-0.2, 0) is 11.2 Å². The number of rotatable bonds is 7. The molecule has 1 aliphatic carbocycles. The van der Waals surface area contributed by atoms with E-state index in [2.05, 4.69) is 33.3 Å². The Morgan fingerprint density at radius 1 is 1.06 bits per heavy atom. The molecular weight excluding hydrogens is 415 g/mol. The average Bonchev–Trinajstić information content (AvgIpc) is 3.49. The van der Waals surface area contributed by atoms with Crippen LogP contribution < -0.4 is 15.1 Å². The molecule has 3 fully saturated rings. The van der Waals surface area contributed by atoms with E-state index >= 15 is 0 Å². The molecule has 5 nitrogen and oxygen atoms in total. The topological polar surface area (TPSA) is 59.4 Å². The smallest absolute Gasteiger partial charge is 0.151 e. The van der Waals surface area contributed by atoms with Crippen LogP contribution in [0, 0.1) is 29.0 Å². The summed E-state index contributed by atoms with van der Waals surface area (Å²) < 4.78 is 15.0. The number of nitriles is 1. The Balaban J connectivity index is 1.17. The van der Waals surface area contributed by atoms with Gasteiger partial charge < -0.3 is 15.1 Å². The Bertz CT molecular complexity index is 1030. The fourth-order valence-electron chi connectivity index (χ4n) is 5.78. The molecule has 1 N–H and O–H groups in total. The Hall–Kier alpha value is -2.91. The number of hydrogen-bond acceptors (Lipinski definition) is 5. The highest BCUT2D eigenvalue weighted by Gasteiger charge is 2.42. The molecule has 6 heteroatoms. The molecule has 0 aromatic heterocycles. The molecule has 4 atom stereocenters. The number of carbonyl (C=O) groups is 1. The molecule has 172 valence electrons. The molecule has 3 aliphatic rings. The number of piperidine rings is 1. The van der Waals surface area contributed by atoms with Crippen molar-refractivity contribution in [2.75, 3.05) is 36.0 Å². The predicted molar refractivity (Wildman–Crippen MR) is 128 cm³/mol. The van der Waals surface area contributed by atoms with Gasteiger partial charge in [0.05, 0.1) is 18.0 Å². The van der Waals surface area contributed by atoms with E-state index in [-0.39, 0.29) is 30.5 Å². The Morgan fingerprint density at radius 2 is 1.79 bits per heavy atom. The van der Waals surface area contributed by atoms with Crippen molar-refractivity contribution in [1.29, 1.82) is 5.26 Å². The van der Waals surface area contributed by atoms with Crippen molar-refractivity contribution in [3.05, 3.63) is 59.9 Å². The van der Waals surface area contributed by atoms with Gasteiger partial charge in [-0.25, -0.2) is 4.39 Å². The fourth-order valence-corrected chi connectivity index (χ4v) is 5.78. The van der Waals surface area contributed by atoms with E-state index in [9.17, 15) is 14.4 Å². The Kier molecular flexibility index (Phi) is 6.32. The van der Waals surface area contributed by atoms with E-state index in [0.717, 1.165) is 51.1 Å². The van der Waals surface area contributed by atoms with Gasteiger partial charge in [0.2, 0.25) is 0 Å². The molecule has 0 spiro atoms. The second kappa shape index (κ2) is 9.52. The van der Waals surface area contributed by atoms with Gasteiger partial charge in [0.15, 0.2) is 5.78 Å². The van der Waals surface area contributed by atoms with E-state index in [1.807, 2.05) is 24.3 Å². The Labute approximate surface area is 195 Å². The minimum Gasteiger partial charge on any atom is -0.368 e. The van der Waals surface area contributed by atoms with Crippen LogP contribution in [0.2, 0.25) is 0 Å². The number of benzene rings is 2. The molecule has 0 radical (unpaired) electrons. The van der Waals surface area contributed by atoms with Crippen molar-refractivity contribution in [1.82, 2.24) is 5.32 Å². The number of anilines is 2. The zero-order valence-electron chi connectivity index (χ0n) is 18.9. The van der Waals surface area contributed by atoms with Crippen LogP contribution in [0.4, 0.5) is 15.8 Å². The SMILES string of the molecule is N#C[C@@H](CC(=O)[C@H]1N[C@@H]2CC[C@H]1C2)Cc1ccc(N2CCN(c3ccccc3)CC2)cc1F. The standard InChI is InChI=1S/C27H31FN4O/c28-25-17-24(32-12-10-31(11-13-32)23-4-2-1-3-5-23)9-7-20(25)14-19(18-29)15-26(33)27-21-6-8-22(16-21)30-27/h1-5,7,9,17,19,21-22,27,30H,6,8,10-16H2/t19-,21+,22-,27+/m1/s1. The largest absolute Gasteiger partial charge is 0.368 e. The maximum atomic E-state index is 15.0. The predicted octanol–water partition coefficient (Wildman–Crippen LogP) is 3.93. The number of piperazine rings is 1. The minimum atomic E-state index is -0.492. The summed E-state index contributed by atoms with van der Waals surface area (Å²) in [6.07, 6.45) is 3.79. The van der Waals surface area contributed by atoms with Crippen molar-refractivity contribution in [2.24, 2.45) is 11.8 Å². The third-order valence-electron chi connectivity index (χ3n) is 7.61. The lowest BCUT2D eigenvalue weighted by Crippen LogP contribution is -2.46. The molecule has 0 unspecified atom stereocenters. The second-order valence-corrected chi connectivity index (χ2v) is 9.70. The van der Waals surface area contributed by atoms with Crippen LogP contribution >= 0.6 is 0 Å². The van der Waals surface area contributed by atoms with Gasteiger partial charge in [-0.3, -0.25) is 4.79 Å². The lowest BCUT2D eigenvalue weighted by atomic mass is 9.88. The van der Waals surface area contributed by atoms with E-state index in [0.29, 0.717) is 17.5 Å². The average molecular weight is 447 g/mol. The van der Waals surface area contributed by atoms with Crippen LogP contribution in [0.5, 0.6) is 0 Å². The van der Waals surface area contributed by atoms with Crippen LogP contribution in [0.1, 0.15) is 31.2 Å². The first-order valence-electron chi connectivity index (χ1n) is 12.1. The molecule has 2 heterocycles. The van der Waals surface area contributed by atoms with Gasteiger partial charge >= 0.3 is 0 Å². The normalized spacial score (nSPS) is 25.2. The van der Waals surface area contributed by atoms with Crippen LogP contribution in [0.15, 0.2) is 48.5 Å². The van der Waals surface area contributed by atoms with E-state index < -0.39 is 5.92 Å². The first-order chi connectivity index (χ1) is 16.1. The number of nitrogens with zero attached hydrogens (tertiary/aromatic N) is 3. The van der Waals surface area contributed by atoms with Gasteiger partial charge in [-0.2, -0.15) is 5.26 Å². The number of carbonyl (C=O) groups excluding carboxylic acids is 1. The lowest BCUT2D eigenvalue weighted by Gasteiger charge is -2.37. The van der Waals surface area contributed by atoms with Crippen LogP contribution in [0.3, 0.4) is 0 Å². The summed E-state index contributed by atoms with van der Waals surface area (Å²) in [6.45, 7) is 3.45. The summed E-state index contributed by atoms with van der Waals surface area (Å²) in [5.74, 6) is -0.251. The van der Waals surface area contributed by atoms with E-state index in [1.165, 1.54) is 5.69 Å².